The van der Waals surface area contributed by atoms with Gasteiger partial charge in [0.2, 0.25) is 5.91 Å². The van der Waals surface area contributed by atoms with E-state index < -0.39 is 0 Å². The maximum Gasteiger partial charge on any atom is 0.246 e. The van der Waals surface area contributed by atoms with Crippen LogP contribution in [0.4, 0.5) is 5.82 Å². The highest BCUT2D eigenvalue weighted by Gasteiger charge is 2.26. The number of piperidine rings is 1. The molecule has 0 spiro atoms. The Morgan fingerprint density at radius 2 is 2.10 bits per heavy atom. The van der Waals surface area contributed by atoms with Gasteiger partial charge in [-0.25, -0.2) is 9.97 Å². The number of aromatic nitrogens is 4. The first-order valence-corrected chi connectivity index (χ1v) is 10.0. The minimum Gasteiger partial charge on any atom is -0.383 e. The van der Waals surface area contributed by atoms with Crippen molar-refractivity contribution in [3.8, 4) is 11.1 Å². The predicted octanol–water partition coefficient (Wildman–Crippen LogP) is 3.58. The van der Waals surface area contributed by atoms with Crippen LogP contribution in [0.2, 0.25) is 0 Å². The molecule has 1 aliphatic rings. The summed E-state index contributed by atoms with van der Waals surface area (Å²) in [5, 5.41) is 1.88. The summed E-state index contributed by atoms with van der Waals surface area (Å²) in [5.41, 5.74) is 9.93. The summed E-state index contributed by atoms with van der Waals surface area (Å²) in [6.07, 6.45) is 8.70. The maximum atomic E-state index is 12.2. The predicted molar refractivity (Wildman–Crippen MR) is 118 cm³/mol. The number of hydrogen-bond acceptors (Lipinski definition) is 5. The second kappa shape index (κ2) is 7.26. The second-order valence-corrected chi connectivity index (χ2v) is 7.61. The Morgan fingerprint density at radius 3 is 2.97 bits per heavy atom. The molecule has 1 aromatic carbocycles. The molecule has 0 aliphatic carbocycles. The Kier molecular flexibility index (Phi) is 4.43. The van der Waals surface area contributed by atoms with E-state index in [9.17, 15) is 4.79 Å². The van der Waals surface area contributed by atoms with Gasteiger partial charge in [-0.05, 0) is 31.1 Å². The molecule has 0 radical (unpaired) electrons. The Morgan fingerprint density at radius 1 is 1.23 bits per heavy atom. The highest BCUT2D eigenvalue weighted by Crippen LogP contribution is 2.36. The van der Waals surface area contributed by atoms with Crippen LogP contribution in [0.5, 0.6) is 0 Å². The van der Waals surface area contributed by atoms with Crippen molar-refractivity contribution in [2.45, 2.75) is 18.9 Å². The molecule has 0 unspecified atom stereocenters. The molecule has 1 saturated heterocycles. The van der Waals surface area contributed by atoms with Crippen LogP contribution >= 0.6 is 0 Å². The molecular formula is C23H22N6O. The van der Waals surface area contributed by atoms with Gasteiger partial charge in [0.25, 0.3) is 0 Å². The van der Waals surface area contributed by atoms with Crippen LogP contribution in [0.25, 0.3) is 33.1 Å². The molecule has 1 amide bonds. The van der Waals surface area contributed by atoms with E-state index in [0.29, 0.717) is 12.4 Å². The quantitative estimate of drug-likeness (QED) is 0.533. The summed E-state index contributed by atoms with van der Waals surface area (Å²) in [6.45, 7) is 4.99. The fraction of sp³-hybridized carbons (Fsp3) is 0.217. The van der Waals surface area contributed by atoms with Crippen molar-refractivity contribution in [1.29, 1.82) is 0 Å². The third kappa shape index (κ3) is 2.99. The lowest BCUT2D eigenvalue weighted by Gasteiger charge is -2.33. The fourth-order valence-electron chi connectivity index (χ4n) is 4.33. The minimum atomic E-state index is -0.0377. The third-order valence-electron chi connectivity index (χ3n) is 5.82. The van der Waals surface area contributed by atoms with Crippen LogP contribution in [-0.4, -0.2) is 43.4 Å². The lowest BCUT2D eigenvalue weighted by Crippen LogP contribution is -2.39. The lowest BCUT2D eigenvalue weighted by atomic mass is 10.1. The SMILES string of the molecule is C=CC(=O)N1CCC[C@@H](n2cc(-c3cnc4ccccc4c3)c3c(N)ncnc32)C1. The lowest BCUT2D eigenvalue weighted by molar-refractivity contribution is -0.127. The zero-order chi connectivity index (χ0) is 20.7. The smallest absolute Gasteiger partial charge is 0.246 e. The average molecular weight is 398 g/mol. The molecule has 4 heterocycles. The van der Waals surface area contributed by atoms with Crippen LogP contribution in [-0.2, 0) is 4.79 Å². The first-order valence-electron chi connectivity index (χ1n) is 10.0. The van der Waals surface area contributed by atoms with E-state index in [0.717, 1.165) is 52.4 Å². The van der Waals surface area contributed by atoms with E-state index in [-0.39, 0.29) is 11.9 Å². The number of hydrogen-bond donors (Lipinski definition) is 1. The van der Waals surface area contributed by atoms with Crippen LogP contribution in [0.3, 0.4) is 0 Å². The van der Waals surface area contributed by atoms with Gasteiger partial charge in [-0.1, -0.05) is 24.8 Å². The first kappa shape index (κ1) is 18.3. The van der Waals surface area contributed by atoms with Crippen LogP contribution in [0.1, 0.15) is 18.9 Å². The molecule has 4 aromatic rings. The molecule has 1 aliphatic heterocycles. The number of carbonyl (C=O) groups excluding carboxylic acids is 1. The number of likely N-dealkylation sites (tertiary alicyclic amines) is 1. The number of anilines is 1. The van der Waals surface area contributed by atoms with Crippen molar-refractivity contribution >= 4 is 33.7 Å². The van der Waals surface area contributed by atoms with Gasteiger partial charge in [0, 0.05) is 42.0 Å². The number of nitrogen functional groups attached to an aromatic ring is 1. The molecule has 2 N–H and O–H groups in total. The van der Waals surface area contributed by atoms with Crippen LogP contribution in [0, 0.1) is 0 Å². The number of benzene rings is 1. The molecular weight excluding hydrogens is 376 g/mol. The molecule has 5 rings (SSSR count). The van der Waals surface area contributed by atoms with Crippen molar-refractivity contribution in [3.05, 3.63) is 61.7 Å². The summed E-state index contributed by atoms with van der Waals surface area (Å²) in [5.74, 6) is 0.404. The number of rotatable bonds is 3. The third-order valence-corrected chi connectivity index (χ3v) is 5.82. The topological polar surface area (TPSA) is 89.9 Å². The summed E-state index contributed by atoms with van der Waals surface area (Å²) in [4.78, 5) is 27.4. The van der Waals surface area contributed by atoms with Gasteiger partial charge >= 0.3 is 0 Å². The van der Waals surface area contributed by atoms with Crippen LogP contribution < -0.4 is 5.73 Å². The number of amides is 1. The molecule has 150 valence electrons. The van der Waals surface area contributed by atoms with Gasteiger partial charge in [-0.2, -0.15) is 0 Å². The van der Waals surface area contributed by atoms with E-state index in [2.05, 4.69) is 38.4 Å². The van der Waals surface area contributed by atoms with E-state index in [1.807, 2.05) is 35.4 Å². The monoisotopic (exact) mass is 398 g/mol. The van der Waals surface area contributed by atoms with Gasteiger partial charge in [-0.3, -0.25) is 9.78 Å². The molecule has 1 fully saturated rings. The van der Waals surface area contributed by atoms with E-state index in [1.165, 1.54) is 12.4 Å². The number of nitrogens with zero attached hydrogens (tertiary/aromatic N) is 5. The zero-order valence-electron chi connectivity index (χ0n) is 16.5. The normalized spacial score (nSPS) is 16.8. The highest BCUT2D eigenvalue weighted by molar-refractivity contribution is 6.01. The number of pyridine rings is 1. The van der Waals surface area contributed by atoms with E-state index in [1.54, 1.807) is 0 Å². The number of carbonyl (C=O) groups is 1. The Hall–Kier alpha value is -3.74. The molecule has 7 nitrogen and oxygen atoms in total. The number of para-hydroxylation sites is 1. The molecule has 1 atom stereocenters. The van der Waals surface area contributed by atoms with Gasteiger partial charge in [0.1, 0.15) is 17.8 Å². The van der Waals surface area contributed by atoms with Crippen molar-refractivity contribution in [2.24, 2.45) is 0 Å². The molecule has 3 aromatic heterocycles. The van der Waals surface area contributed by atoms with Crippen molar-refractivity contribution in [2.75, 3.05) is 18.8 Å². The summed E-state index contributed by atoms with van der Waals surface area (Å²) in [7, 11) is 0. The average Bonchev–Trinajstić information content (AvgIpc) is 3.19. The maximum absolute atomic E-state index is 12.2. The van der Waals surface area contributed by atoms with Crippen molar-refractivity contribution in [3.63, 3.8) is 0 Å². The molecule has 0 saturated carbocycles. The largest absolute Gasteiger partial charge is 0.383 e. The first-order chi connectivity index (χ1) is 14.7. The second-order valence-electron chi connectivity index (χ2n) is 7.61. The van der Waals surface area contributed by atoms with Gasteiger partial charge in [0.05, 0.1) is 16.9 Å². The van der Waals surface area contributed by atoms with Gasteiger partial charge < -0.3 is 15.2 Å². The molecule has 30 heavy (non-hydrogen) atoms. The summed E-state index contributed by atoms with van der Waals surface area (Å²) in [6, 6.07) is 10.2. The Labute approximate surface area is 173 Å². The number of fused-ring (bicyclic) bond motifs is 2. The Bertz CT molecular complexity index is 1280. The standard InChI is InChI=1S/C23H22N6O/c1-2-20(30)28-9-5-7-17(12-28)29-13-18(21-22(24)26-14-27-23(21)29)16-10-15-6-3-4-8-19(15)25-11-16/h2-4,6,8,10-11,13-14,17H,1,5,7,9,12H2,(H2,24,26,27)/t17-/m1/s1. The van der Waals surface area contributed by atoms with Crippen molar-refractivity contribution in [1.82, 2.24) is 24.4 Å². The zero-order valence-corrected chi connectivity index (χ0v) is 16.5. The molecule has 7 heteroatoms. The highest BCUT2D eigenvalue weighted by atomic mass is 16.2. The van der Waals surface area contributed by atoms with Gasteiger partial charge in [-0.15, -0.1) is 0 Å². The summed E-state index contributed by atoms with van der Waals surface area (Å²) >= 11 is 0. The van der Waals surface area contributed by atoms with Crippen LogP contribution in [0.15, 0.2) is 61.7 Å². The fourth-order valence-corrected chi connectivity index (χ4v) is 4.33. The molecule has 0 bridgehead atoms. The van der Waals surface area contributed by atoms with E-state index in [4.69, 9.17) is 5.73 Å². The Balaban J connectivity index is 1.65. The minimum absolute atomic E-state index is 0.0377. The van der Waals surface area contributed by atoms with Gasteiger partial charge in [0.15, 0.2) is 0 Å². The number of nitrogens with two attached hydrogens (primary N) is 1. The van der Waals surface area contributed by atoms with E-state index >= 15 is 0 Å². The summed E-state index contributed by atoms with van der Waals surface area (Å²) < 4.78 is 2.14. The van der Waals surface area contributed by atoms with Crippen molar-refractivity contribution < 1.29 is 4.79 Å².